The van der Waals surface area contributed by atoms with Crippen LogP contribution in [0.2, 0.25) is 0 Å². The second-order valence-electron chi connectivity index (χ2n) is 1.72. The molecule has 0 aromatic carbocycles. The highest BCUT2D eigenvalue weighted by Crippen LogP contribution is 1.90. The van der Waals surface area contributed by atoms with Crippen molar-refractivity contribution in [3.8, 4) is 0 Å². The van der Waals surface area contributed by atoms with E-state index < -0.39 is 0 Å². The minimum atomic E-state index is 0.768. The van der Waals surface area contributed by atoms with Gasteiger partial charge in [-0.3, -0.25) is 0 Å². The third-order valence-corrected chi connectivity index (χ3v) is 1.03. The van der Waals surface area contributed by atoms with Gasteiger partial charge in [-0.05, 0) is 6.42 Å². The van der Waals surface area contributed by atoms with Gasteiger partial charge in [0, 0.05) is 0 Å². The molecule has 1 aliphatic heterocycles. The first-order chi connectivity index (χ1) is 4.00. The predicted molar refractivity (Wildman–Crippen MR) is 33.7 cm³/mol. The average Bonchev–Trinajstić information content (AvgIpc) is 1.62. The van der Waals surface area contributed by atoms with Crippen molar-refractivity contribution in [2.75, 3.05) is 13.2 Å². The first-order valence-electron chi connectivity index (χ1n) is 2.88. The standard InChI is InChI=1S/C7H10O/c1-2-4-6-8-7-5-3-1/h2-5H,1,6-7H2/b4-2-,5-3?. The van der Waals surface area contributed by atoms with E-state index in [1.807, 2.05) is 12.2 Å². The molecule has 0 aromatic heterocycles. The molecule has 1 rings (SSSR count). The van der Waals surface area contributed by atoms with Crippen LogP contribution in [0.5, 0.6) is 0 Å². The summed E-state index contributed by atoms with van der Waals surface area (Å²) in [5.74, 6) is 0. The van der Waals surface area contributed by atoms with Gasteiger partial charge in [0.2, 0.25) is 0 Å². The number of hydrogen-bond acceptors (Lipinski definition) is 1. The van der Waals surface area contributed by atoms with Gasteiger partial charge in [0.15, 0.2) is 0 Å². The third kappa shape index (κ3) is 1.94. The maximum Gasteiger partial charge on any atom is 0.0651 e. The highest BCUT2D eigenvalue weighted by molar-refractivity contribution is 4.94. The Kier molecular flexibility index (Phi) is 2.40. The fourth-order valence-electron chi connectivity index (χ4n) is 0.611. The molecular weight excluding hydrogens is 100 g/mol. The van der Waals surface area contributed by atoms with Gasteiger partial charge < -0.3 is 4.74 Å². The second kappa shape index (κ2) is 3.44. The molecule has 0 amide bonds. The van der Waals surface area contributed by atoms with Crippen molar-refractivity contribution >= 4 is 0 Å². The molecule has 0 N–H and O–H groups in total. The third-order valence-electron chi connectivity index (χ3n) is 1.03. The van der Waals surface area contributed by atoms with Crippen LogP contribution >= 0.6 is 0 Å². The van der Waals surface area contributed by atoms with Crippen LogP contribution in [0.3, 0.4) is 0 Å². The Bertz CT molecular complexity index is 91.0. The fraction of sp³-hybridized carbons (Fsp3) is 0.429. The van der Waals surface area contributed by atoms with Gasteiger partial charge in [0.1, 0.15) is 0 Å². The lowest BCUT2D eigenvalue weighted by atomic mass is 10.3. The lowest BCUT2D eigenvalue weighted by molar-refractivity contribution is 0.193. The summed E-state index contributed by atoms with van der Waals surface area (Å²) >= 11 is 0. The zero-order valence-electron chi connectivity index (χ0n) is 4.84. The Morgan fingerprint density at radius 2 is 1.50 bits per heavy atom. The van der Waals surface area contributed by atoms with Crippen molar-refractivity contribution in [2.45, 2.75) is 6.42 Å². The van der Waals surface area contributed by atoms with Crippen molar-refractivity contribution in [1.82, 2.24) is 0 Å². The van der Waals surface area contributed by atoms with Crippen LogP contribution in [0.25, 0.3) is 0 Å². The molecule has 0 atom stereocenters. The molecule has 1 heteroatoms. The summed E-state index contributed by atoms with van der Waals surface area (Å²) in [5, 5.41) is 0. The highest BCUT2D eigenvalue weighted by atomic mass is 16.5. The SMILES string of the molecule is C1=CCOC/C=C\C1. The predicted octanol–water partition coefficient (Wildman–Crippen LogP) is 1.52. The highest BCUT2D eigenvalue weighted by Gasteiger charge is 1.81. The molecule has 1 nitrogen and oxygen atoms in total. The summed E-state index contributed by atoms with van der Waals surface area (Å²) in [6, 6.07) is 0. The van der Waals surface area contributed by atoms with Crippen molar-refractivity contribution in [1.29, 1.82) is 0 Å². The molecule has 0 saturated carbocycles. The molecule has 8 heavy (non-hydrogen) atoms. The van der Waals surface area contributed by atoms with Crippen LogP contribution in [0, 0.1) is 0 Å². The van der Waals surface area contributed by atoms with Gasteiger partial charge in [0.05, 0.1) is 13.2 Å². The van der Waals surface area contributed by atoms with E-state index in [4.69, 9.17) is 4.74 Å². The first kappa shape index (κ1) is 5.57. The van der Waals surface area contributed by atoms with E-state index in [2.05, 4.69) is 12.2 Å². The Hall–Kier alpha value is -0.560. The van der Waals surface area contributed by atoms with Crippen LogP contribution in [0.15, 0.2) is 24.3 Å². The largest absolute Gasteiger partial charge is 0.373 e. The molecule has 0 saturated heterocycles. The molecule has 0 bridgehead atoms. The first-order valence-corrected chi connectivity index (χ1v) is 2.88. The lowest BCUT2D eigenvalue weighted by Crippen LogP contribution is -1.91. The smallest absolute Gasteiger partial charge is 0.0651 e. The van der Waals surface area contributed by atoms with Crippen LogP contribution in [-0.2, 0) is 4.74 Å². The zero-order chi connectivity index (χ0) is 5.66. The Balaban J connectivity index is 2.31. The quantitative estimate of drug-likeness (QED) is 0.429. The summed E-state index contributed by atoms with van der Waals surface area (Å²) in [6.07, 6.45) is 9.36. The van der Waals surface area contributed by atoms with Crippen LogP contribution in [-0.4, -0.2) is 13.2 Å². The van der Waals surface area contributed by atoms with E-state index >= 15 is 0 Å². The van der Waals surface area contributed by atoms with Crippen molar-refractivity contribution < 1.29 is 4.74 Å². The van der Waals surface area contributed by atoms with Gasteiger partial charge >= 0.3 is 0 Å². The molecule has 44 valence electrons. The van der Waals surface area contributed by atoms with E-state index in [0.29, 0.717) is 0 Å². The topological polar surface area (TPSA) is 9.23 Å². The normalized spacial score (nSPS) is 24.0. The molecule has 0 radical (unpaired) electrons. The summed E-state index contributed by atoms with van der Waals surface area (Å²) in [6.45, 7) is 1.54. The number of allylic oxidation sites excluding steroid dienone is 2. The molecule has 1 heterocycles. The number of ether oxygens (including phenoxy) is 1. The summed E-state index contributed by atoms with van der Waals surface area (Å²) < 4.78 is 5.10. The van der Waals surface area contributed by atoms with E-state index in [1.54, 1.807) is 0 Å². The van der Waals surface area contributed by atoms with Crippen molar-refractivity contribution in [3.05, 3.63) is 24.3 Å². The molecule has 0 fully saturated rings. The maximum atomic E-state index is 5.10. The van der Waals surface area contributed by atoms with Gasteiger partial charge in [0.25, 0.3) is 0 Å². The van der Waals surface area contributed by atoms with Crippen LogP contribution in [0.1, 0.15) is 6.42 Å². The van der Waals surface area contributed by atoms with Crippen LogP contribution < -0.4 is 0 Å². The van der Waals surface area contributed by atoms with Crippen molar-refractivity contribution in [3.63, 3.8) is 0 Å². The average molecular weight is 110 g/mol. The van der Waals surface area contributed by atoms with E-state index in [0.717, 1.165) is 19.6 Å². The van der Waals surface area contributed by atoms with Gasteiger partial charge in [-0.1, -0.05) is 24.3 Å². The van der Waals surface area contributed by atoms with Crippen LogP contribution in [0.4, 0.5) is 0 Å². The Morgan fingerprint density at radius 3 is 2.12 bits per heavy atom. The molecule has 0 unspecified atom stereocenters. The zero-order valence-corrected chi connectivity index (χ0v) is 4.84. The maximum absolute atomic E-state index is 5.10. The summed E-state index contributed by atoms with van der Waals surface area (Å²) in [5.41, 5.74) is 0. The van der Waals surface area contributed by atoms with Gasteiger partial charge in [-0.25, -0.2) is 0 Å². The van der Waals surface area contributed by atoms with E-state index in [9.17, 15) is 0 Å². The summed E-state index contributed by atoms with van der Waals surface area (Å²) in [7, 11) is 0. The molecule has 0 aliphatic carbocycles. The minimum absolute atomic E-state index is 0.768. The Labute approximate surface area is 49.7 Å². The lowest BCUT2D eigenvalue weighted by Gasteiger charge is -1.96. The number of hydrogen-bond donors (Lipinski definition) is 0. The fourth-order valence-corrected chi connectivity index (χ4v) is 0.611. The molecule has 0 spiro atoms. The molecular formula is C7H10O. The van der Waals surface area contributed by atoms with E-state index in [1.165, 1.54) is 0 Å². The monoisotopic (exact) mass is 110 g/mol. The van der Waals surface area contributed by atoms with Gasteiger partial charge in [-0.15, -0.1) is 0 Å². The molecule has 0 aromatic rings. The van der Waals surface area contributed by atoms with Gasteiger partial charge in [-0.2, -0.15) is 0 Å². The second-order valence-corrected chi connectivity index (χ2v) is 1.72. The van der Waals surface area contributed by atoms with E-state index in [-0.39, 0.29) is 0 Å². The summed E-state index contributed by atoms with van der Waals surface area (Å²) in [4.78, 5) is 0. The van der Waals surface area contributed by atoms with Crippen molar-refractivity contribution in [2.24, 2.45) is 0 Å². The molecule has 1 aliphatic rings. The Morgan fingerprint density at radius 1 is 0.875 bits per heavy atom. The minimum Gasteiger partial charge on any atom is -0.373 e. The number of rotatable bonds is 0.